The highest BCUT2D eigenvalue weighted by atomic mass is 16.3. The lowest BCUT2D eigenvalue weighted by Crippen LogP contribution is -2.00. The van der Waals surface area contributed by atoms with Crippen molar-refractivity contribution in [3.05, 3.63) is 194 Å². The van der Waals surface area contributed by atoms with Gasteiger partial charge in [-0.2, -0.15) is 0 Å². The van der Waals surface area contributed by atoms with E-state index in [1.807, 2.05) is 60.7 Å². The summed E-state index contributed by atoms with van der Waals surface area (Å²) >= 11 is 0. The first kappa shape index (κ1) is 31.9. The number of aromatic nitrogens is 4. The maximum atomic E-state index is 6.65. The molecule has 262 valence electrons. The number of rotatable bonds is 6. The van der Waals surface area contributed by atoms with E-state index >= 15 is 0 Å². The van der Waals surface area contributed by atoms with Crippen molar-refractivity contribution in [1.82, 2.24) is 19.5 Å². The van der Waals surface area contributed by atoms with Crippen LogP contribution in [0.1, 0.15) is 0 Å². The molecule has 56 heavy (non-hydrogen) atoms. The van der Waals surface area contributed by atoms with Crippen molar-refractivity contribution in [2.45, 2.75) is 0 Å². The predicted octanol–water partition coefficient (Wildman–Crippen LogP) is 13.2. The fraction of sp³-hybridized carbons (Fsp3) is 0. The molecule has 0 fully saturated rings. The van der Waals surface area contributed by atoms with Gasteiger partial charge >= 0.3 is 0 Å². The van der Waals surface area contributed by atoms with Crippen LogP contribution < -0.4 is 0 Å². The zero-order valence-electron chi connectivity index (χ0n) is 30.2. The van der Waals surface area contributed by atoms with E-state index in [0.29, 0.717) is 17.5 Å². The topological polar surface area (TPSA) is 56.7 Å². The Balaban J connectivity index is 0.984. The molecule has 0 aliphatic carbocycles. The van der Waals surface area contributed by atoms with Crippen molar-refractivity contribution >= 4 is 43.7 Å². The molecular weight excluding hydrogens is 685 g/mol. The molecule has 0 spiro atoms. The maximum absolute atomic E-state index is 6.65. The zero-order chi connectivity index (χ0) is 37.0. The average molecular weight is 717 g/mol. The highest BCUT2D eigenvalue weighted by Gasteiger charge is 2.17. The summed E-state index contributed by atoms with van der Waals surface area (Å²) in [6.45, 7) is 0. The van der Waals surface area contributed by atoms with E-state index in [-0.39, 0.29) is 0 Å². The third-order valence-corrected chi connectivity index (χ3v) is 10.7. The predicted molar refractivity (Wildman–Crippen MR) is 229 cm³/mol. The lowest BCUT2D eigenvalue weighted by atomic mass is 9.99. The molecule has 8 aromatic carbocycles. The number of fused-ring (bicyclic) bond motifs is 6. The maximum Gasteiger partial charge on any atom is 0.164 e. The van der Waals surface area contributed by atoms with E-state index < -0.39 is 0 Å². The van der Waals surface area contributed by atoms with Crippen LogP contribution in [0.15, 0.2) is 199 Å². The van der Waals surface area contributed by atoms with Gasteiger partial charge in [0.1, 0.15) is 11.2 Å². The van der Waals surface area contributed by atoms with Gasteiger partial charge in [0.2, 0.25) is 0 Å². The van der Waals surface area contributed by atoms with Crippen LogP contribution in [-0.4, -0.2) is 19.5 Å². The van der Waals surface area contributed by atoms with E-state index in [2.05, 4.69) is 138 Å². The second-order valence-electron chi connectivity index (χ2n) is 14.0. The summed E-state index contributed by atoms with van der Waals surface area (Å²) in [5.41, 5.74) is 12.3. The number of hydrogen-bond donors (Lipinski definition) is 0. The van der Waals surface area contributed by atoms with Gasteiger partial charge in [-0.3, -0.25) is 0 Å². The lowest BCUT2D eigenvalue weighted by Gasteiger charge is -2.14. The number of nitrogens with zero attached hydrogens (tertiary/aromatic N) is 4. The average Bonchev–Trinajstić information content (AvgIpc) is 3.82. The monoisotopic (exact) mass is 716 g/mol. The smallest absolute Gasteiger partial charge is 0.164 e. The largest absolute Gasteiger partial charge is 0.456 e. The summed E-state index contributed by atoms with van der Waals surface area (Å²) in [5, 5.41) is 4.66. The Morgan fingerprint density at radius 3 is 1.43 bits per heavy atom. The number of hydrogen-bond acceptors (Lipinski definition) is 4. The third-order valence-electron chi connectivity index (χ3n) is 10.7. The van der Waals surface area contributed by atoms with E-state index in [0.717, 1.165) is 66.6 Å². The van der Waals surface area contributed by atoms with Gasteiger partial charge in [-0.05, 0) is 65.2 Å². The molecule has 0 saturated heterocycles. The summed E-state index contributed by atoms with van der Waals surface area (Å²) in [5.74, 6) is 1.90. The van der Waals surface area contributed by atoms with Crippen molar-refractivity contribution in [1.29, 1.82) is 0 Å². The van der Waals surface area contributed by atoms with Gasteiger partial charge in [0.25, 0.3) is 0 Å². The van der Waals surface area contributed by atoms with Gasteiger partial charge in [0, 0.05) is 43.8 Å². The third kappa shape index (κ3) is 5.37. The molecule has 11 rings (SSSR count). The van der Waals surface area contributed by atoms with E-state index in [1.165, 1.54) is 21.8 Å². The summed E-state index contributed by atoms with van der Waals surface area (Å²) in [6, 6.07) is 67.5. The standard InChI is InChI=1S/C51H32N4O/c1-3-14-33(15-4-1)49-52-50(34-16-5-2-6-17-34)54-51(53-49)38-19-13-18-35(30-38)36-26-28-42-43-29-27-37(32-48(43)56-47(42)31-36)39-20-7-10-23-44(39)55-45-24-11-8-21-40(45)41-22-9-12-25-46(41)55/h1-32H. The normalized spacial score (nSPS) is 11.6. The first-order valence-corrected chi connectivity index (χ1v) is 18.8. The highest BCUT2D eigenvalue weighted by Crippen LogP contribution is 2.39. The first-order valence-electron chi connectivity index (χ1n) is 18.8. The molecule has 5 nitrogen and oxygen atoms in total. The van der Waals surface area contributed by atoms with Crippen LogP contribution in [0.4, 0.5) is 0 Å². The Kier molecular flexibility index (Phi) is 7.42. The molecule has 3 heterocycles. The lowest BCUT2D eigenvalue weighted by molar-refractivity contribution is 0.669. The minimum Gasteiger partial charge on any atom is -0.456 e. The van der Waals surface area contributed by atoms with Crippen LogP contribution in [0.2, 0.25) is 0 Å². The molecule has 0 bridgehead atoms. The van der Waals surface area contributed by atoms with Crippen LogP contribution in [0.3, 0.4) is 0 Å². The van der Waals surface area contributed by atoms with Gasteiger partial charge in [0.15, 0.2) is 17.5 Å². The molecule has 3 aromatic heterocycles. The number of para-hydroxylation sites is 3. The van der Waals surface area contributed by atoms with E-state index in [4.69, 9.17) is 19.4 Å². The fourth-order valence-corrected chi connectivity index (χ4v) is 7.99. The molecule has 0 amide bonds. The molecule has 0 aliphatic rings. The SMILES string of the molecule is c1ccc(-c2nc(-c3ccccc3)nc(-c3cccc(-c4ccc5c(c4)oc4cc(-c6ccccc6-n6c7ccccc7c7ccccc76)ccc45)c3)n2)cc1. The Labute approximate surface area is 322 Å². The van der Waals surface area contributed by atoms with Crippen molar-refractivity contribution in [3.63, 3.8) is 0 Å². The summed E-state index contributed by atoms with van der Waals surface area (Å²) in [7, 11) is 0. The van der Waals surface area contributed by atoms with Crippen LogP contribution in [0, 0.1) is 0 Å². The van der Waals surface area contributed by atoms with Gasteiger partial charge in [0.05, 0.1) is 16.7 Å². The second-order valence-corrected chi connectivity index (χ2v) is 14.0. The van der Waals surface area contributed by atoms with E-state index in [1.54, 1.807) is 0 Å². The van der Waals surface area contributed by atoms with Crippen molar-refractivity contribution in [3.8, 4) is 62.1 Å². The molecule has 0 atom stereocenters. The van der Waals surface area contributed by atoms with Crippen molar-refractivity contribution in [2.75, 3.05) is 0 Å². The molecule has 0 aliphatic heterocycles. The molecule has 0 N–H and O–H groups in total. The van der Waals surface area contributed by atoms with Gasteiger partial charge in [-0.1, -0.05) is 146 Å². The minimum absolute atomic E-state index is 0.623. The molecule has 11 aromatic rings. The van der Waals surface area contributed by atoms with Crippen molar-refractivity contribution < 1.29 is 4.42 Å². The van der Waals surface area contributed by atoms with E-state index in [9.17, 15) is 0 Å². The van der Waals surface area contributed by atoms with Gasteiger partial charge in [-0.25, -0.2) is 15.0 Å². The van der Waals surface area contributed by atoms with Gasteiger partial charge < -0.3 is 8.98 Å². The second kappa shape index (κ2) is 13.0. The summed E-state index contributed by atoms with van der Waals surface area (Å²) in [4.78, 5) is 14.8. The van der Waals surface area contributed by atoms with Crippen LogP contribution in [-0.2, 0) is 0 Å². The van der Waals surface area contributed by atoms with Crippen LogP contribution >= 0.6 is 0 Å². The molecular formula is C51H32N4O. The molecule has 0 saturated carbocycles. The molecule has 5 heteroatoms. The molecule has 0 radical (unpaired) electrons. The van der Waals surface area contributed by atoms with Gasteiger partial charge in [-0.15, -0.1) is 0 Å². The number of benzene rings is 8. The summed E-state index contributed by atoms with van der Waals surface area (Å²) < 4.78 is 9.03. The Morgan fingerprint density at radius 2 is 0.786 bits per heavy atom. The summed E-state index contributed by atoms with van der Waals surface area (Å²) in [6.07, 6.45) is 0. The fourth-order valence-electron chi connectivity index (χ4n) is 7.99. The highest BCUT2D eigenvalue weighted by molar-refractivity contribution is 6.10. The Bertz CT molecular complexity index is 3140. The Morgan fingerprint density at radius 1 is 0.321 bits per heavy atom. The Hall–Kier alpha value is -7.63. The van der Waals surface area contributed by atoms with Crippen LogP contribution in [0.25, 0.3) is 106 Å². The number of furan rings is 1. The van der Waals surface area contributed by atoms with Crippen LogP contribution in [0.5, 0.6) is 0 Å². The van der Waals surface area contributed by atoms with Crippen molar-refractivity contribution in [2.24, 2.45) is 0 Å². The molecule has 0 unspecified atom stereocenters. The zero-order valence-corrected chi connectivity index (χ0v) is 30.2. The first-order chi connectivity index (χ1) is 27.7. The minimum atomic E-state index is 0.623. The quantitative estimate of drug-likeness (QED) is 0.172.